The predicted molar refractivity (Wildman–Crippen MR) is 114 cm³/mol. The van der Waals surface area contributed by atoms with Gasteiger partial charge >= 0.3 is 0 Å². The van der Waals surface area contributed by atoms with Crippen molar-refractivity contribution in [3.8, 4) is 11.5 Å². The van der Waals surface area contributed by atoms with E-state index in [4.69, 9.17) is 21.7 Å². The van der Waals surface area contributed by atoms with Crippen LogP contribution in [-0.2, 0) is 4.79 Å². The van der Waals surface area contributed by atoms with Crippen molar-refractivity contribution in [1.82, 2.24) is 9.80 Å². The third kappa shape index (κ3) is 3.99. The number of benzene rings is 1. The van der Waals surface area contributed by atoms with Crippen LogP contribution in [0.15, 0.2) is 22.3 Å². The van der Waals surface area contributed by atoms with E-state index < -0.39 is 0 Å². The summed E-state index contributed by atoms with van der Waals surface area (Å²) >= 11 is 9.12. The van der Waals surface area contributed by atoms with Crippen LogP contribution in [0.4, 0.5) is 0 Å². The van der Waals surface area contributed by atoms with E-state index in [0.29, 0.717) is 28.9 Å². The third-order valence-electron chi connectivity index (χ3n) is 5.08. The molecular weight excluding hydrogens is 428 g/mol. The lowest BCUT2D eigenvalue weighted by Crippen LogP contribution is -2.41. The van der Waals surface area contributed by atoms with Crippen LogP contribution in [0, 0.1) is 0 Å². The van der Waals surface area contributed by atoms with E-state index in [-0.39, 0.29) is 11.9 Å². The Morgan fingerprint density at radius 1 is 1.30 bits per heavy atom. The number of ether oxygens (including phenoxy) is 2. The van der Waals surface area contributed by atoms with Gasteiger partial charge in [-0.1, -0.05) is 19.3 Å². The first-order chi connectivity index (χ1) is 13.0. The molecule has 0 spiro atoms. The number of carbonyl (C=O) groups is 1. The fourth-order valence-corrected chi connectivity index (χ4v) is 4.61. The molecule has 3 rings (SSSR count). The highest BCUT2D eigenvalue weighted by Gasteiger charge is 2.40. The second-order valence-electron chi connectivity index (χ2n) is 6.81. The number of likely N-dealkylation sites (N-methyl/N-ethyl adjacent to an activating group) is 1. The van der Waals surface area contributed by atoms with E-state index in [1.165, 1.54) is 6.42 Å². The highest BCUT2D eigenvalue weighted by Crippen LogP contribution is 2.38. The van der Waals surface area contributed by atoms with Crippen LogP contribution in [0.1, 0.15) is 44.6 Å². The molecule has 2 aliphatic rings. The number of rotatable bonds is 5. The van der Waals surface area contributed by atoms with Crippen LogP contribution >= 0.6 is 28.1 Å². The molecule has 0 aromatic heterocycles. The molecule has 0 radical (unpaired) electrons. The lowest BCUT2D eigenvalue weighted by Gasteiger charge is -2.30. The summed E-state index contributed by atoms with van der Waals surface area (Å²) in [6, 6.07) is 4.01. The summed E-state index contributed by atoms with van der Waals surface area (Å²) in [5, 5.41) is 0.593. The number of thiocarbonyl (C=S) groups is 1. The molecule has 1 saturated heterocycles. The molecule has 0 N–H and O–H groups in total. The van der Waals surface area contributed by atoms with E-state index in [1.54, 1.807) is 12.0 Å². The Morgan fingerprint density at radius 3 is 2.63 bits per heavy atom. The molecule has 1 aliphatic carbocycles. The number of methoxy groups -OCH3 is 1. The van der Waals surface area contributed by atoms with Crippen LogP contribution in [0.25, 0.3) is 6.08 Å². The Balaban J connectivity index is 1.93. The summed E-state index contributed by atoms with van der Waals surface area (Å²) in [4.78, 5) is 16.7. The Morgan fingerprint density at radius 2 is 2.00 bits per heavy atom. The molecular formula is C20H25BrN2O3S. The molecule has 27 heavy (non-hydrogen) atoms. The van der Waals surface area contributed by atoms with Gasteiger partial charge in [-0.15, -0.1) is 0 Å². The maximum Gasteiger partial charge on any atom is 0.277 e. The van der Waals surface area contributed by atoms with Gasteiger partial charge in [0, 0.05) is 13.1 Å². The molecule has 1 heterocycles. The fourth-order valence-electron chi connectivity index (χ4n) is 3.70. The van der Waals surface area contributed by atoms with Crippen LogP contribution in [0.3, 0.4) is 0 Å². The van der Waals surface area contributed by atoms with Crippen molar-refractivity contribution in [1.29, 1.82) is 0 Å². The second-order valence-corrected chi connectivity index (χ2v) is 8.02. The second kappa shape index (κ2) is 8.61. The fraction of sp³-hybridized carbons (Fsp3) is 0.500. The molecule has 0 bridgehead atoms. The van der Waals surface area contributed by atoms with Crippen LogP contribution in [0.5, 0.6) is 11.5 Å². The van der Waals surface area contributed by atoms with Crippen molar-refractivity contribution in [2.24, 2.45) is 0 Å². The zero-order chi connectivity index (χ0) is 19.6. The molecule has 1 aromatic rings. The number of nitrogens with zero attached hydrogens (tertiary/aromatic N) is 2. The minimum atomic E-state index is -0.0154. The summed E-state index contributed by atoms with van der Waals surface area (Å²) in [5.74, 6) is 1.27. The standard InChI is InChI=1S/C20H25BrN2O3S/c1-4-26-18-15(21)10-13(12-17(18)25-3)11-16-19(24)23(20(27)22(16)2)14-8-6-5-7-9-14/h10-12,14H,4-9H2,1-3H3/b16-11-. The number of amides is 1. The van der Waals surface area contributed by atoms with Crippen LogP contribution < -0.4 is 9.47 Å². The molecule has 0 unspecified atom stereocenters. The molecule has 1 aromatic carbocycles. The monoisotopic (exact) mass is 452 g/mol. The average Bonchev–Trinajstić information content (AvgIpc) is 2.87. The lowest BCUT2D eigenvalue weighted by atomic mass is 9.94. The van der Waals surface area contributed by atoms with Gasteiger partial charge in [0.1, 0.15) is 5.70 Å². The van der Waals surface area contributed by atoms with Gasteiger partial charge in [0.2, 0.25) is 0 Å². The maximum absolute atomic E-state index is 13.1. The quantitative estimate of drug-likeness (QED) is 0.482. The number of hydrogen-bond donors (Lipinski definition) is 0. The lowest BCUT2D eigenvalue weighted by molar-refractivity contribution is -0.124. The topological polar surface area (TPSA) is 42.0 Å². The van der Waals surface area contributed by atoms with E-state index in [1.807, 2.05) is 37.1 Å². The van der Waals surface area contributed by atoms with Crippen molar-refractivity contribution in [2.45, 2.75) is 45.1 Å². The highest BCUT2D eigenvalue weighted by molar-refractivity contribution is 9.10. The molecule has 7 heteroatoms. The molecule has 146 valence electrons. The van der Waals surface area contributed by atoms with Crippen LogP contribution in [-0.4, -0.2) is 47.6 Å². The molecule has 1 amide bonds. The number of halogens is 1. The first-order valence-electron chi connectivity index (χ1n) is 9.31. The smallest absolute Gasteiger partial charge is 0.277 e. The van der Waals surface area contributed by atoms with Gasteiger partial charge in [-0.25, -0.2) is 0 Å². The van der Waals surface area contributed by atoms with Crippen molar-refractivity contribution >= 4 is 45.2 Å². The first kappa shape index (κ1) is 20.1. The summed E-state index contributed by atoms with van der Waals surface area (Å²) < 4.78 is 11.9. The largest absolute Gasteiger partial charge is 0.493 e. The Hall–Kier alpha value is -1.60. The highest BCUT2D eigenvalue weighted by atomic mass is 79.9. The minimum absolute atomic E-state index is 0.0154. The minimum Gasteiger partial charge on any atom is -0.493 e. The van der Waals surface area contributed by atoms with Gasteiger partial charge < -0.3 is 14.4 Å². The van der Waals surface area contributed by atoms with E-state index in [9.17, 15) is 4.79 Å². The molecule has 0 atom stereocenters. The molecule has 1 saturated carbocycles. The van der Waals surface area contributed by atoms with Gasteiger partial charge in [0.15, 0.2) is 16.6 Å². The van der Waals surface area contributed by atoms with Crippen LogP contribution in [0.2, 0.25) is 0 Å². The Kier molecular flexibility index (Phi) is 6.42. The molecule has 5 nitrogen and oxygen atoms in total. The number of hydrogen-bond acceptors (Lipinski definition) is 4. The van der Waals surface area contributed by atoms with Crippen molar-refractivity contribution in [3.05, 3.63) is 27.9 Å². The summed E-state index contributed by atoms with van der Waals surface area (Å²) in [7, 11) is 3.46. The van der Waals surface area contributed by atoms with E-state index >= 15 is 0 Å². The average molecular weight is 453 g/mol. The van der Waals surface area contributed by atoms with Crippen molar-refractivity contribution in [3.63, 3.8) is 0 Å². The van der Waals surface area contributed by atoms with Gasteiger partial charge in [0.05, 0.1) is 18.2 Å². The third-order valence-corrected chi connectivity index (χ3v) is 6.14. The van der Waals surface area contributed by atoms with Gasteiger partial charge in [0.25, 0.3) is 5.91 Å². The van der Waals surface area contributed by atoms with E-state index in [2.05, 4.69) is 15.9 Å². The van der Waals surface area contributed by atoms with E-state index in [0.717, 1.165) is 35.7 Å². The summed E-state index contributed by atoms with van der Waals surface area (Å²) in [5.41, 5.74) is 1.44. The van der Waals surface area contributed by atoms with Crippen molar-refractivity contribution in [2.75, 3.05) is 20.8 Å². The van der Waals surface area contributed by atoms with Crippen molar-refractivity contribution < 1.29 is 14.3 Å². The summed E-state index contributed by atoms with van der Waals surface area (Å²) in [6.45, 7) is 2.47. The van der Waals surface area contributed by atoms with Gasteiger partial charge in [-0.3, -0.25) is 9.69 Å². The predicted octanol–water partition coefficient (Wildman–Crippen LogP) is 4.59. The molecule has 2 fully saturated rings. The van der Waals surface area contributed by atoms with Gasteiger partial charge in [-0.2, -0.15) is 0 Å². The normalized spacial score (nSPS) is 19.9. The SMILES string of the molecule is CCOc1c(Br)cc(/C=C2/C(=O)N(C3CCCCC3)C(=S)N2C)cc1OC. The molecule has 1 aliphatic heterocycles. The Labute approximate surface area is 174 Å². The zero-order valence-corrected chi connectivity index (χ0v) is 18.4. The zero-order valence-electron chi connectivity index (χ0n) is 16.0. The summed E-state index contributed by atoms with van der Waals surface area (Å²) in [6.07, 6.45) is 7.46. The Bertz CT molecular complexity index is 775. The number of carbonyl (C=O) groups excluding carboxylic acids is 1. The van der Waals surface area contributed by atoms with Gasteiger partial charge in [-0.05, 0) is 71.7 Å². The maximum atomic E-state index is 13.1. The first-order valence-corrected chi connectivity index (χ1v) is 10.5.